The van der Waals surface area contributed by atoms with Crippen molar-refractivity contribution in [2.24, 2.45) is 0 Å². The van der Waals surface area contributed by atoms with Crippen molar-refractivity contribution in [1.82, 2.24) is 4.98 Å². The van der Waals surface area contributed by atoms with Gasteiger partial charge in [-0.05, 0) is 12.1 Å². The first-order valence-corrected chi connectivity index (χ1v) is 2.94. The highest BCUT2D eigenvalue weighted by molar-refractivity contribution is 5.85. The number of aromatic nitrogens is 1. The van der Waals surface area contributed by atoms with Crippen LogP contribution in [0.2, 0.25) is 0 Å². The highest BCUT2D eigenvalue weighted by atomic mass is 16.4. The molecule has 0 aromatic carbocycles. The number of carboxylic acid groups (broad SMARTS) is 2. The highest BCUT2D eigenvalue weighted by Gasteiger charge is 1.98. The number of aromatic carboxylic acids is 1. The van der Waals surface area contributed by atoms with Crippen molar-refractivity contribution in [3.05, 3.63) is 30.1 Å². The maximum Gasteiger partial charge on any atom is 0.354 e. The molecule has 5 heteroatoms. The molecule has 5 nitrogen and oxygen atoms in total. The van der Waals surface area contributed by atoms with Gasteiger partial charge in [-0.3, -0.25) is 4.79 Å². The smallest absolute Gasteiger partial charge is 0.354 e. The zero-order valence-electron chi connectivity index (χ0n) is 6.04. The molecule has 0 aliphatic rings. The summed E-state index contributed by atoms with van der Waals surface area (Å²) in [6, 6.07) is 4.76. The molecule has 0 radical (unpaired) electrons. The van der Waals surface area contributed by atoms with Crippen LogP contribution in [-0.2, 0) is 4.79 Å². The largest absolute Gasteiger partial charge is 0.483 e. The van der Waals surface area contributed by atoms with Gasteiger partial charge in [0, 0.05) is 6.20 Å². The van der Waals surface area contributed by atoms with E-state index in [0.717, 1.165) is 0 Å². The van der Waals surface area contributed by atoms with Gasteiger partial charge in [0.15, 0.2) is 0 Å². The van der Waals surface area contributed by atoms with Crippen molar-refractivity contribution >= 4 is 12.4 Å². The molecular weight excluding hydrogens is 162 g/mol. The molecule has 12 heavy (non-hydrogen) atoms. The van der Waals surface area contributed by atoms with Crippen LogP contribution < -0.4 is 0 Å². The lowest BCUT2D eigenvalue weighted by molar-refractivity contribution is -0.122. The maximum absolute atomic E-state index is 10.1. The Bertz CT molecular complexity index is 247. The number of hydrogen-bond donors (Lipinski definition) is 2. The second-order valence-corrected chi connectivity index (χ2v) is 1.63. The van der Waals surface area contributed by atoms with E-state index in [4.69, 9.17) is 15.0 Å². The van der Waals surface area contributed by atoms with Crippen molar-refractivity contribution in [1.29, 1.82) is 0 Å². The number of carbonyl (C=O) groups is 2. The summed E-state index contributed by atoms with van der Waals surface area (Å²) in [6.45, 7) is -0.250. The first-order chi connectivity index (χ1) is 5.72. The number of pyridine rings is 1. The molecular formula is C7H7NO4. The van der Waals surface area contributed by atoms with Gasteiger partial charge in [-0.2, -0.15) is 0 Å². The molecule has 1 heterocycles. The van der Waals surface area contributed by atoms with Crippen LogP contribution in [-0.4, -0.2) is 27.6 Å². The van der Waals surface area contributed by atoms with E-state index >= 15 is 0 Å². The van der Waals surface area contributed by atoms with Crippen LogP contribution in [0.25, 0.3) is 0 Å². The number of carboxylic acids is 1. The molecule has 0 aliphatic carbocycles. The molecule has 0 saturated heterocycles. The zero-order valence-corrected chi connectivity index (χ0v) is 6.04. The summed E-state index contributed by atoms with van der Waals surface area (Å²) in [5.41, 5.74) is 0.0810. The summed E-state index contributed by atoms with van der Waals surface area (Å²) in [4.78, 5) is 22.1. The van der Waals surface area contributed by atoms with E-state index in [2.05, 4.69) is 4.98 Å². The van der Waals surface area contributed by atoms with Crippen LogP contribution in [0.5, 0.6) is 0 Å². The molecule has 64 valence electrons. The molecule has 1 aromatic rings. The summed E-state index contributed by atoms with van der Waals surface area (Å²) < 4.78 is 0. The number of rotatable bonds is 1. The summed E-state index contributed by atoms with van der Waals surface area (Å²) in [5.74, 6) is -0.990. The standard InChI is InChI=1S/C6H5NO2.CH2O2/c8-6(9)5-3-1-2-4-7-5;2-1-3/h1-4H,(H,8,9);1H,(H,2,3). The molecule has 0 saturated carbocycles. The fourth-order valence-electron chi connectivity index (χ4n) is 0.489. The van der Waals surface area contributed by atoms with Crippen molar-refractivity contribution in [3.8, 4) is 0 Å². The van der Waals surface area contributed by atoms with Crippen LogP contribution in [0.1, 0.15) is 10.5 Å². The van der Waals surface area contributed by atoms with Gasteiger partial charge < -0.3 is 10.2 Å². The topological polar surface area (TPSA) is 87.5 Å². The van der Waals surface area contributed by atoms with Crippen molar-refractivity contribution in [2.45, 2.75) is 0 Å². The van der Waals surface area contributed by atoms with E-state index in [1.54, 1.807) is 12.1 Å². The predicted molar refractivity (Wildman–Crippen MR) is 39.9 cm³/mol. The van der Waals surface area contributed by atoms with Crippen LogP contribution in [0.3, 0.4) is 0 Å². The minimum absolute atomic E-state index is 0.0810. The van der Waals surface area contributed by atoms with Gasteiger partial charge >= 0.3 is 5.97 Å². The van der Waals surface area contributed by atoms with Gasteiger partial charge in [0.25, 0.3) is 6.47 Å². The van der Waals surface area contributed by atoms with Crippen LogP contribution in [0, 0.1) is 0 Å². The van der Waals surface area contributed by atoms with Crippen molar-refractivity contribution in [3.63, 3.8) is 0 Å². The van der Waals surface area contributed by atoms with Crippen LogP contribution in [0.4, 0.5) is 0 Å². The minimum atomic E-state index is -0.990. The van der Waals surface area contributed by atoms with Gasteiger partial charge in [-0.25, -0.2) is 9.78 Å². The Balaban J connectivity index is 0.000000354. The fourth-order valence-corrected chi connectivity index (χ4v) is 0.489. The number of nitrogens with zero attached hydrogens (tertiary/aromatic N) is 1. The summed E-state index contributed by atoms with van der Waals surface area (Å²) >= 11 is 0. The van der Waals surface area contributed by atoms with Crippen molar-refractivity contribution in [2.75, 3.05) is 0 Å². The molecule has 1 rings (SSSR count). The highest BCUT2D eigenvalue weighted by Crippen LogP contribution is 1.90. The lowest BCUT2D eigenvalue weighted by Gasteiger charge is -1.87. The molecule has 0 atom stereocenters. The van der Waals surface area contributed by atoms with Gasteiger partial charge in [-0.1, -0.05) is 6.07 Å². The second-order valence-electron chi connectivity index (χ2n) is 1.63. The van der Waals surface area contributed by atoms with Gasteiger partial charge in [-0.15, -0.1) is 0 Å². The van der Waals surface area contributed by atoms with E-state index in [0.29, 0.717) is 0 Å². The molecule has 0 unspecified atom stereocenters. The monoisotopic (exact) mass is 169 g/mol. The number of hydrogen-bond acceptors (Lipinski definition) is 3. The van der Waals surface area contributed by atoms with Gasteiger partial charge in [0.05, 0.1) is 0 Å². The maximum atomic E-state index is 10.1. The third-order valence-corrected chi connectivity index (χ3v) is 0.884. The normalized spacial score (nSPS) is 7.67. The molecule has 2 N–H and O–H groups in total. The average molecular weight is 169 g/mol. The predicted octanol–water partition coefficient (Wildman–Crippen LogP) is 0.481. The summed E-state index contributed by atoms with van der Waals surface area (Å²) in [5, 5.41) is 15.2. The Labute approximate surface area is 68.3 Å². The first kappa shape index (κ1) is 10.1. The lowest BCUT2D eigenvalue weighted by atomic mass is 10.4. The Morgan fingerprint density at radius 3 is 2.33 bits per heavy atom. The van der Waals surface area contributed by atoms with Crippen LogP contribution >= 0.6 is 0 Å². The van der Waals surface area contributed by atoms with E-state index in [1.165, 1.54) is 12.3 Å². The average Bonchev–Trinajstić information content (AvgIpc) is 2.07. The molecule has 0 bridgehead atoms. The molecule has 0 amide bonds. The minimum Gasteiger partial charge on any atom is -0.483 e. The Morgan fingerprint density at radius 2 is 2.08 bits per heavy atom. The Morgan fingerprint density at radius 1 is 1.50 bits per heavy atom. The molecule has 0 spiro atoms. The third kappa shape index (κ3) is 3.99. The van der Waals surface area contributed by atoms with E-state index < -0.39 is 5.97 Å². The van der Waals surface area contributed by atoms with E-state index in [9.17, 15) is 4.79 Å². The van der Waals surface area contributed by atoms with Gasteiger partial charge in [0.2, 0.25) is 0 Å². The second kappa shape index (κ2) is 5.84. The zero-order chi connectivity index (χ0) is 9.40. The third-order valence-electron chi connectivity index (χ3n) is 0.884. The van der Waals surface area contributed by atoms with E-state index in [1.807, 2.05) is 0 Å². The van der Waals surface area contributed by atoms with Gasteiger partial charge in [0.1, 0.15) is 5.69 Å². The summed E-state index contributed by atoms with van der Waals surface area (Å²) in [6.07, 6.45) is 1.45. The molecule has 1 aromatic heterocycles. The first-order valence-electron chi connectivity index (χ1n) is 2.94. The van der Waals surface area contributed by atoms with Crippen molar-refractivity contribution < 1.29 is 19.8 Å². The lowest BCUT2D eigenvalue weighted by Crippen LogP contribution is -1.97. The van der Waals surface area contributed by atoms with E-state index in [-0.39, 0.29) is 12.2 Å². The SMILES string of the molecule is O=C(O)c1ccccn1.O=CO. The summed E-state index contributed by atoms with van der Waals surface area (Å²) in [7, 11) is 0. The Kier molecular flexibility index (Phi) is 4.91. The Hall–Kier alpha value is -1.91. The quantitative estimate of drug-likeness (QED) is 0.597. The molecule has 0 aliphatic heterocycles. The fraction of sp³-hybridized carbons (Fsp3) is 0. The van der Waals surface area contributed by atoms with Crippen LogP contribution in [0.15, 0.2) is 24.4 Å². The molecule has 0 fully saturated rings.